The standard InChI is InChI=1S/C5H7ClN2/c1-4(7)2-3-5(6)8/h2-3,7-8H,1H3. The first-order chi connectivity index (χ1) is 3.63. The van der Waals surface area contributed by atoms with E-state index in [2.05, 4.69) is 0 Å². The number of halogens is 1. The van der Waals surface area contributed by atoms with E-state index in [0.29, 0.717) is 5.71 Å². The van der Waals surface area contributed by atoms with Crippen LogP contribution in [0.1, 0.15) is 6.92 Å². The molecule has 0 saturated heterocycles. The van der Waals surface area contributed by atoms with Crippen molar-refractivity contribution in [2.24, 2.45) is 0 Å². The molecule has 2 nitrogen and oxygen atoms in total. The lowest BCUT2D eigenvalue weighted by atomic mass is 10.4. The summed E-state index contributed by atoms with van der Waals surface area (Å²) in [6.07, 6.45) is 2.83. The average molecular weight is 131 g/mol. The average Bonchev–Trinajstić information content (AvgIpc) is 1.61. The van der Waals surface area contributed by atoms with E-state index in [1.54, 1.807) is 6.92 Å². The highest BCUT2D eigenvalue weighted by atomic mass is 35.5. The summed E-state index contributed by atoms with van der Waals surface area (Å²) in [7, 11) is 0. The van der Waals surface area contributed by atoms with Crippen LogP contribution >= 0.6 is 11.6 Å². The fraction of sp³-hybridized carbons (Fsp3) is 0.200. The van der Waals surface area contributed by atoms with Crippen LogP contribution in [-0.2, 0) is 0 Å². The summed E-state index contributed by atoms with van der Waals surface area (Å²) >= 11 is 5.12. The van der Waals surface area contributed by atoms with E-state index >= 15 is 0 Å². The molecule has 0 fully saturated rings. The van der Waals surface area contributed by atoms with Crippen LogP contribution in [0.3, 0.4) is 0 Å². The minimum absolute atomic E-state index is 0.0448. The summed E-state index contributed by atoms with van der Waals surface area (Å²) in [6.45, 7) is 1.62. The summed E-state index contributed by atoms with van der Waals surface area (Å²) in [5.41, 5.74) is 0.399. The van der Waals surface area contributed by atoms with Crippen LogP contribution in [0.5, 0.6) is 0 Å². The Morgan fingerprint density at radius 3 is 2.00 bits per heavy atom. The zero-order chi connectivity index (χ0) is 6.57. The summed E-state index contributed by atoms with van der Waals surface area (Å²) < 4.78 is 0. The largest absolute Gasteiger partial charge is 0.306 e. The maximum absolute atomic E-state index is 6.85. The van der Waals surface area contributed by atoms with Gasteiger partial charge in [-0.25, -0.2) is 0 Å². The SMILES string of the molecule is CC(=N)C=CC(=N)Cl. The second kappa shape index (κ2) is 3.38. The molecule has 0 aromatic heterocycles. The van der Waals surface area contributed by atoms with E-state index < -0.39 is 0 Å². The van der Waals surface area contributed by atoms with Crippen molar-refractivity contribution in [3.05, 3.63) is 12.2 Å². The Bertz CT molecular complexity index is 121. The van der Waals surface area contributed by atoms with Gasteiger partial charge in [0.25, 0.3) is 0 Å². The lowest BCUT2D eigenvalue weighted by Gasteiger charge is -1.79. The van der Waals surface area contributed by atoms with Crippen molar-refractivity contribution in [2.45, 2.75) is 6.92 Å². The van der Waals surface area contributed by atoms with Crippen LogP contribution in [0.25, 0.3) is 0 Å². The third kappa shape index (κ3) is 5.37. The monoisotopic (exact) mass is 130 g/mol. The van der Waals surface area contributed by atoms with Crippen LogP contribution in [0, 0.1) is 10.8 Å². The highest BCUT2D eigenvalue weighted by Crippen LogP contribution is 1.83. The molecule has 0 spiro atoms. The minimum atomic E-state index is -0.0448. The quantitative estimate of drug-likeness (QED) is 0.536. The Morgan fingerprint density at radius 2 is 1.88 bits per heavy atom. The van der Waals surface area contributed by atoms with Gasteiger partial charge in [-0.15, -0.1) is 0 Å². The highest BCUT2D eigenvalue weighted by Gasteiger charge is 1.78. The number of hydrogen-bond acceptors (Lipinski definition) is 2. The lowest BCUT2D eigenvalue weighted by molar-refractivity contribution is 1.50. The molecule has 0 amide bonds. The molecule has 0 aromatic carbocycles. The predicted octanol–water partition coefficient (Wildman–Crippen LogP) is 1.80. The van der Waals surface area contributed by atoms with Crippen molar-refractivity contribution in [1.29, 1.82) is 10.8 Å². The molecule has 0 rings (SSSR count). The Hall–Kier alpha value is -0.630. The topological polar surface area (TPSA) is 47.7 Å². The van der Waals surface area contributed by atoms with Crippen molar-refractivity contribution >= 4 is 22.5 Å². The molecular formula is C5H7ClN2. The molecule has 3 heteroatoms. The van der Waals surface area contributed by atoms with Crippen molar-refractivity contribution in [3.8, 4) is 0 Å². The molecule has 2 N–H and O–H groups in total. The fourth-order valence-corrected chi connectivity index (χ4v) is 0.261. The number of nitrogens with one attached hydrogen (secondary N) is 2. The zero-order valence-corrected chi connectivity index (χ0v) is 5.29. The van der Waals surface area contributed by atoms with Gasteiger partial charge in [0.15, 0.2) is 0 Å². The molecule has 0 unspecified atom stereocenters. The van der Waals surface area contributed by atoms with Gasteiger partial charge in [-0.2, -0.15) is 0 Å². The van der Waals surface area contributed by atoms with Crippen molar-refractivity contribution in [2.75, 3.05) is 0 Å². The smallest absolute Gasteiger partial charge is 0.120 e. The van der Waals surface area contributed by atoms with E-state index in [4.69, 9.17) is 22.4 Å². The second-order valence-electron chi connectivity index (χ2n) is 1.36. The van der Waals surface area contributed by atoms with Crippen molar-refractivity contribution in [1.82, 2.24) is 0 Å². The molecule has 0 aliphatic heterocycles. The number of rotatable bonds is 2. The van der Waals surface area contributed by atoms with Gasteiger partial charge >= 0.3 is 0 Å². The summed E-state index contributed by atoms with van der Waals surface area (Å²) in [5.74, 6) is 0. The lowest BCUT2D eigenvalue weighted by Crippen LogP contribution is -1.80. The van der Waals surface area contributed by atoms with E-state index in [-0.39, 0.29) is 5.17 Å². The highest BCUT2D eigenvalue weighted by molar-refractivity contribution is 6.67. The van der Waals surface area contributed by atoms with Gasteiger partial charge in [0, 0.05) is 5.71 Å². The van der Waals surface area contributed by atoms with Crippen molar-refractivity contribution < 1.29 is 0 Å². The summed E-state index contributed by atoms with van der Waals surface area (Å²) in [5, 5.41) is 13.5. The summed E-state index contributed by atoms with van der Waals surface area (Å²) in [6, 6.07) is 0. The first-order valence-electron chi connectivity index (χ1n) is 2.10. The first-order valence-corrected chi connectivity index (χ1v) is 2.48. The van der Waals surface area contributed by atoms with Gasteiger partial charge in [0.2, 0.25) is 0 Å². The molecule has 0 saturated carbocycles. The van der Waals surface area contributed by atoms with Crippen LogP contribution in [0.15, 0.2) is 12.2 Å². The summed E-state index contributed by atoms with van der Waals surface area (Å²) in [4.78, 5) is 0. The van der Waals surface area contributed by atoms with E-state index in [1.165, 1.54) is 12.2 Å². The van der Waals surface area contributed by atoms with Gasteiger partial charge in [-0.3, -0.25) is 5.41 Å². The normalized spacial score (nSPS) is 9.75. The Morgan fingerprint density at radius 1 is 1.38 bits per heavy atom. The zero-order valence-electron chi connectivity index (χ0n) is 4.53. The predicted molar refractivity (Wildman–Crippen MR) is 36.1 cm³/mol. The van der Waals surface area contributed by atoms with Gasteiger partial charge in [-0.1, -0.05) is 11.6 Å². The Kier molecular flexibility index (Phi) is 3.12. The maximum atomic E-state index is 6.85. The van der Waals surface area contributed by atoms with E-state index in [9.17, 15) is 0 Å². The van der Waals surface area contributed by atoms with Gasteiger partial charge < -0.3 is 5.41 Å². The number of hydrogen-bond donors (Lipinski definition) is 2. The second-order valence-corrected chi connectivity index (χ2v) is 1.77. The molecular weight excluding hydrogens is 124 g/mol. The van der Waals surface area contributed by atoms with Crippen LogP contribution in [0.4, 0.5) is 0 Å². The van der Waals surface area contributed by atoms with E-state index in [0.717, 1.165) is 0 Å². The fourth-order valence-electron chi connectivity index (χ4n) is 0.198. The minimum Gasteiger partial charge on any atom is -0.306 e. The third-order valence-electron chi connectivity index (χ3n) is 0.480. The number of allylic oxidation sites excluding steroid dienone is 2. The third-order valence-corrected chi connectivity index (χ3v) is 0.606. The molecule has 0 heterocycles. The molecule has 0 atom stereocenters. The van der Waals surface area contributed by atoms with Crippen molar-refractivity contribution in [3.63, 3.8) is 0 Å². The van der Waals surface area contributed by atoms with Gasteiger partial charge in [0.05, 0.1) is 0 Å². The van der Waals surface area contributed by atoms with Gasteiger partial charge in [0.1, 0.15) is 5.17 Å². The molecule has 44 valence electrons. The van der Waals surface area contributed by atoms with Crippen LogP contribution in [0.2, 0.25) is 0 Å². The molecule has 0 aliphatic rings. The molecule has 0 aliphatic carbocycles. The molecule has 0 aromatic rings. The van der Waals surface area contributed by atoms with Crippen LogP contribution < -0.4 is 0 Å². The molecule has 8 heavy (non-hydrogen) atoms. The first kappa shape index (κ1) is 7.37. The van der Waals surface area contributed by atoms with E-state index in [1.807, 2.05) is 0 Å². The molecule has 0 bridgehead atoms. The van der Waals surface area contributed by atoms with Gasteiger partial charge in [-0.05, 0) is 19.1 Å². The molecule has 0 radical (unpaired) electrons. The maximum Gasteiger partial charge on any atom is 0.120 e. The van der Waals surface area contributed by atoms with Crippen LogP contribution in [-0.4, -0.2) is 10.9 Å². The Balaban J connectivity index is 3.67. The Labute approximate surface area is 53.2 Å².